The van der Waals surface area contributed by atoms with Gasteiger partial charge in [-0.15, -0.1) is 0 Å². The molecule has 1 atom stereocenters. The van der Waals surface area contributed by atoms with E-state index in [9.17, 15) is 20.0 Å². The second-order valence-electron chi connectivity index (χ2n) is 7.53. The molecule has 0 unspecified atom stereocenters. The first kappa shape index (κ1) is 22.6. The highest BCUT2D eigenvalue weighted by Crippen LogP contribution is 2.19. The number of benzene rings is 1. The van der Waals surface area contributed by atoms with E-state index >= 15 is 0 Å². The fraction of sp³-hybridized carbons (Fsp3) is 0.400. The molecule has 2 rings (SSSR count). The van der Waals surface area contributed by atoms with Crippen LogP contribution in [-0.2, 0) is 11.2 Å². The maximum absolute atomic E-state index is 12.6. The number of non-ortho nitro benzene ring substituents is 1. The van der Waals surface area contributed by atoms with Crippen LogP contribution in [0, 0.1) is 10.1 Å². The van der Waals surface area contributed by atoms with Gasteiger partial charge in [-0.1, -0.05) is 29.8 Å². The molecular weight excluding hydrogens is 398 g/mol. The SMILES string of the molecule is CC(C)(C)OC(=O)N(CCc1ccc([N+](=O)[O-])cc1)C[C@H](O)c1ccc(Cl)nc1. The van der Waals surface area contributed by atoms with Crippen LogP contribution in [0.4, 0.5) is 10.5 Å². The second-order valence-corrected chi connectivity index (χ2v) is 7.92. The number of amides is 1. The van der Waals surface area contributed by atoms with E-state index in [2.05, 4.69) is 4.98 Å². The van der Waals surface area contributed by atoms with Crippen LogP contribution < -0.4 is 0 Å². The predicted molar refractivity (Wildman–Crippen MR) is 109 cm³/mol. The zero-order valence-electron chi connectivity index (χ0n) is 16.5. The first-order valence-corrected chi connectivity index (χ1v) is 9.44. The molecule has 0 bridgehead atoms. The van der Waals surface area contributed by atoms with Gasteiger partial charge in [0.1, 0.15) is 10.8 Å². The van der Waals surface area contributed by atoms with Gasteiger partial charge in [0, 0.05) is 30.4 Å². The molecule has 0 radical (unpaired) electrons. The average molecular weight is 422 g/mol. The number of pyridine rings is 1. The molecule has 29 heavy (non-hydrogen) atoms. The Labute approximate surface area is 174 Å². The number of carbonyl (C=O) groups excluding carboxylic acids is 1. The van der Waals surface area contributed by atoms with Gasteiger partial charge in [-0.3, -0.25) is 10.1 Å². The number of rotatable bonds is 7. The van der Waals surface area contributed by atoms with E-state index in [1.54, 1.807) is 45.0 Å². The summed E-state index contributed by atoms with van der Waals surface area (Å²) in [6.07, 6.45) is 0.379. The molecule has 1 amide bonds. The topological polar surface area (TPSA) is 106 Å². The van der Waals surface area contributed by atoms with E-state index in [1.807, 2.05) is 0 Å². The molecule has 1 N–H and O–H groups in total. The highest BCUT2D eigenvalue weighted by Gasteiger charge is 2.24. The monoisotopic (exact) mass is 421 g/mol. The van der Waals surface area contributed by atoms with Gasteiger partial charge in [0.15, 0.2) is 0 Å². The number of aromatic nitrogens is 1. The number of ether oxygens (including phenoxy) is 1. The molecule has 0 fully saturated rings. The zero-order chi connectivity index (χ0) is 21.6. The molecule has 0 saturated heterocycles. The smallest absolute Gasteiger partial charge is 0.410 e. The molecule has 0 spiro atoms. The van der Waals surface area contributed by atoms with Crippen LogP contribution in [0.1, 0.15) is 38.0 Å². The maximum atomic E-state index is 12.6. The number of nitro benzene ring substituents is 1. The molecule has 0 aliphatic carbocycles. The Balaban J connectivity index is 2.10. The summed E-state index contributed by atoms with van der Waals surface area (Å²) in [4.78, 5) is 28.3. The molecule has 0 aliphatic rings. The molecule has 2 aromatic rings. The van der Waals surface area contributed by atoms with Gasteiger partial charge in [0.2, 0.25) is 0 Å². The van der Waals surface area contributed by atoms with Crippen LogP contribution in [0.2, 0.25) is 5.15 Å². The van der Waals surface area contributed by atoms with E-state index in [0.717, 1.165) is 5.56 Å². The fourth-order valence-corrected chi connectivity index (χ4v) is 2.64. The molecule has 9 heteroatoms. The Hall–Kier alpha value is -2.71. The number of carbonyl (C=O) groups is 1. The van der Waals surface area contributed by atoms with Gasteiger partial charge >= 0.3 is 6.09 Å². The van der Waals surface area contributed by atoms with Crippen LogP contribution in [0.5, 0.6) is 0 Å². The summed E-state index contributed by atoms with van der Waals surface area (Å²) >= 11 is 5.77. The van der Waals surface area contributed by atoms with Crippen LogP contribution in [-0.4, -0.2) is 44.7 Å². The third-order valence-corrected chi connectivity index (χ3v) is 4.22. The summed E-state index contributed by atoms with van der Waals surface area (Å²) in [5, 5.41) is 21.6. The lowest BCUT2D eigenvalue weighted by molar-refractivity contribution is -0.384. The Morgan fingerprint density at radius 3 is 2.45 bits per heavy atom. The minimum absolute atomic E-state index is 0.00316. The van der Waals surface area contributed by atoms with Crippen molar-refractivity contribution in [1.29, 1.82) is 0 Å². The normalized spacial score (nSPS) is 12.3. The second kappa shape index (κ2) is 9.67. The molecule has 1 aromatic heterocycles. The average Bonchev–Trinajstić information content (AvgIpc) is 2.64. The molecule has 1 aromatic carbocycles. The first-order valence-electron chi connectivity index (χ1n) is 9.06. The molecule has 1 heterocycles. The number of hydrogen-bond acceptors (Lipinski definition) is 6. The van der Waals surface area contributed by atoms with Crippen molar-refractivity contribution >= 4 is 23.4 Å². The van der Waals surface area contributed by atoms with Crippen molar-refractivity contribution < 1.29 is 19.6 Å². The van der Waals surface area contributed by atoms with Crippen molar-refractivity contribution in [3.05, 3.63) is 69.0 Å². The third-order valence-electron chi connectivity index (χ3n) is 4.00. The Kier molecular flexibility index (Phi) is 7.53. The maximum Gasteiger partial charge on any atom is 0.410 e. The quantitative estimate of drug-likeness (QED) is 0.409. The number of nitro groups is 1. The largest absolute Gasteiger partial charge is 0.444 e. The Morgan fingerprint density at radius 1 is 1.28 bits per heavy atom. The molecule has 0 aliphatic heterocycles. The summed E-state index contributed by atoms with van der Waals surface area (Å²) in [6, 6.07) is 9.33. The summed E-state index contributed by atoms with van der Waals surface area (Å²) in [5.41, 5.74) is 0.670. The highest BCUT2D eigenvalue weighted by molar-refractivity contribution is 6.29. The summed E-state index contributed by atoms with van der Waals surface area (Å²) in [6.45, 7) is 5.56. The summed E-state index contributed by atoms with van der Waals surface area (Å²) < 4.78 is 5.44. The van der Waals surface area contributed by atoms with Crippen molar-refractivity contribution in [2.75, 3.05) is 13.1 Å². The van der Waals surface area contributed by atoms with E-state index in [-0.39, 0.29) is 18.8 Å². The van der Waals surface area contributed by atoms with E-state index in [4.69, 9.17) is 16.3 Å². The molecule has 156 valence electrons. The van der Waals surface area contributed by atoms with Crippen molar-refractivity contribution in [2.45, 2.75) is 38.9 Å². The summed E-state index contributed by atoms with van der Waals surface area (Å²) in [7, 11) is 0. The lowest BCUT2D eigenvalue weighted by Gasteiger charge is -2.29. The van der Waals surface area contributed by atoms with Crippen molar-refractivity contribution in [3.8, 4) is 0 Å². The number of aliphatic hydroxyl groups is 1. The summed E-state index contributed by atoms with van der Waals surface area (Å²) in [5.74, 6) is 0. The minimum atomic E-state index is -0.968. The van der Waals surface area contributed by atoms with Crippen LogP contribution >= 0.6 is 11.6 Å². The van der Waals surface area contributed by atoms with Gasteiger partial charge in [-0.2, -0.15) is 0 Å². The molecular formula is C20H24ClN3O5. The predicted octanol–water partition coefficient (Wildman–Crippen LogP) is 4.16. The van der Waals surface area contributed by atoms with Crippen LogP contribution in [0.25, 0.3) is 0 Å². The van der Waals surface area contributed by atoms with Crippen molar-refractivity contribution in [2.24, 2.45) is 0 Å². The fourth-order valence-electron chi connectivity index (χ4n) is 2.53. The number of halogens is 1. The van der Waals surface area contributed by atoms with E-state index in [0.29, 0.717) is 17.1 Å². The lowest BCUT2D eigenvalue weighted by Crippen LogP contribution is -2.40. The Bertz CT molecular complexity index is 835. The lowest BCUT2D eigenvalue weighted by atomic mass is 10.1. The molecule has 8 nitrogen and oxygen atoms in total. The van der Waals surface area contributed by atoms with Gasteiger partial charge in [0.25, 0.3) is 5.69 Å². The van der Waals surface area contributed by atoms with E-state index in [1.165, 1.54) is 23.2 Å². The van der Waals surface area contributed by atoms with E-state index < -0.39 is 22.7 Å². The Morgan fingerprint density at radius 2 is 1.93 bits per heavy atom. The number of aliphatic hydroxyl groups excluding tert-OH is 1. The number of hydrogen-bond donors (Lipinski definition) is 1. The zero-order valence-corrected chi connectivity index (χ0v) is 17.3. The van der Waals surface area contributed by atoms with Gasteiger partial charge in [-0.25, -0.2) is 9.78 Å². The van der Waals surface area contributed by atoms with Crippen molar-refractivity contribution in [3.63, 3.8) is 0 Å². The van der Waals surface area contributed by atoms with Gasteiger partial charge < -0.3 is 14.7 Å². The van der Waals surface area contributed by atoms with Crippen LogP contribution in [0.3, 0.4) is 0 Å². The van der Waals surface area contributed by atoms with Crippen molar-refractivity contribution in [1.82, 2.24) is 9.88 Å². The third kappa shape index (κ3) is 7.32. The first-order chi connectivity index (χ1) is 13.5. The standard InChI is InChI=1S/C20H24ClN3O5/c1-20(2,3)29-19(26)23(13-17(25)15-6-9-18(21)22-12-15)11-10-14-4-7-16(8-5-14)24(27)28/h4-9,12,17,25H,10-11,13H2,1-3H3/t17-/m0/s1. The highest BCUT2D eigenvalue weighted by atomic mass is 35.5. The molecule has 0 saturated carbocycles. The number of nitrogens with zero attached hydrogens (tertiary/aromatic N) is 3. The minimum Gasteiger partial charge on any atom is -0.444 e. The van der Waals surface area contributed by atoms with Crippen LogP contribution in [0.15, 0.2) is 42.6 Å². The van der Waals surface area contributed by atoms with Gasteiger partial charge in [0.05, 0.1) is 17.6 Å². The van der Waals surface area contributed by atoms with Gasteiger partial charge in [-0.05, 0) is 38.8 Å².